The van der Waals surface area contributed by atoms with Gasteiger partial charge in [-0.2, -0.15) is 0 Å². The summed E-state index contributed by atoms with van der Waals surface area (Å²) < 4.78 is 11.2. The van der Waals surface area contributed by atoms with E-state index in [9.17, 15) is 0 Å². The molecule has 6 aromatic carbocycles. The van der Waals surface area contributed by atoms with E-state index in [4.69, 9.17) is 14.7 Å². The third kappa shape index (κ3) is 3.20. The van der Waals surface area contributed by atoms with Crippen LogP contribution in [0.25, 0.3) is 81.2 Å². The van der Waals surface area contributed by atoms with Gasteiger partial charge >= 0.3 is 0 Å². The van der Waals surface area contributed by atoms with Gasteiger partial charge in [-0.3, -0.25) is 0 Å². The van der Waals surface area contributed by atoms with Crippen LogP contribution in [0.2, 0.25) is 0 Å². The first-order valence-electron chi connectivity index (χ1n) is 14.3. The summed E-state index contributed by atoms with van der Waals surface area (Å²) in [6.45, 7) is 0. The van der Waals surface area contributed by atoms with Gasteiger partial charge < -0.3 is 9.30 Å². The number of thiophene rings is 1. The minimum atomic E-state index is 0.706. The molecule has 5 heteroatoms. The fourth-order valence-corrected chi connectivity index (χ4v) is 7.93. The summed E-state index contributed by atoms with van der Waals surface area (Å²) >= 11 is 1.87. The highest BCUT2D eigenvalue weighted by molar-refractivity contribution is 7.26. The molecule has 0 spiro atoms. The quantitative estimate of drug-likeness (QED) is 0.209. The number of aromatic nitrogens is 3. The highest BCUT2D eigenvalue weighted by Crippen LogP contribution is 2.46. The average molecular weight is 568 g/mol. The first-order chi connectivity index (χ1) is 21.3. The monoisotopic (exact) mass is 567 g/mol. The molecule has 0 atom stereocenters. The molecule has 0 saturated heterocycles. The third-order valence-corrected chi connectivity index (χ3v) is 9.80. The Kier molecular flexibility index (Phi) is 4.57. The summed E-state index contributed by atoms with van der Waals surface area (Å²) in [5, 5.41) is 6.10. The van der Waals surface area contributed by atoms with Gasteiger partial charge in [0.05, 0.1) is 32.3 Å². The van der Waals surface area contributed by atoms with Crippen molar-refractivity contribution < 1.29 is 4.74 Å². The van der Waals surface area contributed by atoms with E-state index in [-0.39, 0.29) is 0 Å². The Balaban J connectivity index is 1.19. The summed E-state index contributed by atoms with van der Waals surface area (Å²) in [4.78, 5) is 10.1. The second-order valence-electron chi connectivity index (χ2n) is 11.0. The molecular formula is C38H21N3OS. The van der Waals surface area contributed by atoms with E-state index in [1.807, 2.05) is 47.7 Å². The maximum Gasteiger partial charge on any atom is 0.160 e. The van der Waals surface area contributed by atoms with E-state index in [1.165, 1.54) is 42.0 Å². The molecule has 0 bridgehead atoms. The minimum absolute atomic E-state index is 0.706. The lowest BCUT2D eigenvalue weighted by Gasteiger charge is -2.20. The van der Waals surface area contributed by atoms with Crippen LogP contribution in [-0.4, -0.2) is 14.5 Å². The van der Waals surface area contributed by atoms with E-state index in [1.54, 1.807) is 0 Å². The summed E-state index contributed by atoms with van der Waals surface area (Å²) in [7, 11) is 0. The molecule has 0 amide bonds. The molecule has 10 rings (SSSR count). The molecule has 1 aliphatic rings. The molecule has 9 aromatic rings. The number of ether oxygens (including phenoxy) is 1. The SMILES string of the molecule is c1ccc2c(c1)Oc1cccc3nc(-c4ccc(-n5c6ccccc6c6ccc7c8ccccc8sc7c65)cc4)nc-2c13. The Bertz CT molecular complexity index is 2590. The molecule has 0 saturated carbocycles. The molecule has 1 aliphatic heterocycles. The van der Waals surface area contributed by atoms with Crippen molar-refractivity contribution in [1.29, 1.82) is 0 Å². The van der Waals surface area contributed by atoms with E-state index in [0.29, 0.717) is 5.82 Å². The molecule has 0 radical (unpaired) electrons. The van der Waals surface area contributed by atoms with Crippen LogP contribution in [0, 0.1) is 0 Å². The summed E-state index contributed by atoms with van der Waals surface area (Å²) in [6.07, 6.45) is 0. The number of hydrogen-bond donors (Lipinski definition) is 0. The maximum absolute atomic E-state index is 6.19. The molecule has 0 fully saturated rings. The number of rotatable bonds is 2. The van der Waals surface area contributed by atoms with Crippen molar-refractivity contribution in [2.24, 2.45) is 0 Å². The number of fused-ring (bicyclic) bond motifs is 9. The molecule has 0 N–H and O–H groups in total. The number of benzene rings is 6. The molecule has 43 heavy (non-hydrogen) atoms. The lowest BCUT2D eigenvalue weighted by molar-refractivity contribution is 0.486. The van der Waals surface area contributed by atoms with Crippen LogP contribution in [-0.2, 0) is 0 Å². The zero-order chi connectivity index (χ0) is 28.1. The highest BCUT2D eigenvalue weighted by atomic mass is 32.1. The Morgan fingerprint density at radius 3 is 2.28 bits per heavy atom. The Morgan fingerprint density at radius 2 is 1.35 bits per heavy atom. The van der Waals surface area contributed by atoms with Gasteiger partial charge in [0.15, 0.2) is 5.82 Å². The predicted octanol–water partition coefficient (Wildman–Crippen LogP) is 10.5. The Labute approximate surface area is 250 Å². The van der Waals surface area contributed by atoms with E-state index < -0.39 is 0 Å². The van der Waals surface area contributed by atoms with Crippen molar-refractivity contribution in [2.75, 3.05) is 0 Å². The van der Waals surface area contributed by atoms with Crippen molar-refractivity contribution in [1.82, 2.24) is 14.5 Å². The fraction of sp³-hybridized carbons (Fsp3) is 0. The van der Waals surface area contributed by atoms with Crippen LogP contribution in [0.4, 0.5) is 0 Å². The van der Waals surface area contributed by atoms with Gasteiger partial charge in [-0.25, -0.2) is 9.97 Å². The predicted molar refractivity (Wildman–Crippen MR) is 178 cm³/mol. The van der Waals surface area contributed by atoms with Gasteiger partial charge in [-0.05, 0) is 60.7 Å². The molecule has 0 aliphatic carbocycles. The molecule has 4 heterocycles. The smallest absolute Gasteiger partial charge is 0.160 e. The molecule has 200 valence electrons. The van der Waals surface area contributed by atoms with Gasteiger partial charge in [0.25, 0.3) is 0 Å². The van der Waals surface area contributed by atoms with Gasteiger partial charge in [0.1, 0.15) is 11.5 Å². The van der Waals surface area contributed by atoms with Crippen molar-refractivity contribution in [3.63, 3.8) is 0 Å². The van der Waals surface area contributed by atoms with Crippen LogP contribution >= 0.6 is 11.3 Å². The Morgan fingerprint density at radius 1 is 0.581 bits per heavy atom. The van der Waals surface area contributed by atoms with E-state index in [2.05, 4.69) is 95.6 Å². The van der Waals surface area contributed by atoms with Crippen molar-refractivity contribution in [3.05, 3.63) is 127 Å². The van der Waals surface area contributed by atoms with E-state index >= 15 is 0 Å². The average Bonchev–Trinajstić information content (AvgIpc) is 3.61. The lowest BCUT2D eigenvalue weighted by Crippen LogP contribution is -2.02. The number of nitrogens with zero attached hydrogens (tertiary/aromatic N) is 3. The van der Waals surface area contributed by atoms with Crippen molar-refractivity contribution in [2.45, 2.75) is 0 Å². The Hall–Kier alpha value is -5.52. The van der Waals surface area contributed by atoms with Gasteiger partial charge in [-0.15, -0.1) is 11.3 Å². The molecule has 0 unspecified atom stereocenters. The summed E-state index contributed by atoms with van der Waals surface area (Å²) in [6, 6.07) is 44.7. The topological polar surface area (TPSA) is 39.9 Å². The normalized spacial score (nSPS) is 12.4. The first-order valence-corrected chi connectivity index (χ1v) is 15.2. The van der Waals surface area contributed by atoms with Crippen LogP contribution in [0.1, 0.15) is 0 Å². The minimum Gasteiger partial charge on any atom is -0.456 e. The second kappa shape index (κ2) is 8.51. The standard InChI is InChI=1S/C38H21N3OS/c1-4-12-30-24(8-1)26-20-21-27-25-9-3-6-15-33(25)43-37(27)36(26)41(30)23-18-16-22(17-19-23)38-39-29-11-7-14-32-34(29)35(40-38)28-10-2-5-13-31(28)42-32/h1-21H. The van der Waals surface area contributed by atoms with Crippen LogP contribution in [0.5, 0.6) is 11.5 Å². The van der Waals surface area contributed by atoms with Gasteiger partial charge in [0, 0.05) is 43.1 Å². The van der Waals surface area contributed by atoms with Gasteiger partial charge in [0.2, 0.25) is 0 Å². The van der Waals surface area contributed by atoms with Crippen LogP contribution in [0.3, 0.4) is 0 Å². The molecular weight excluding hydrogens is 547 g/mol. The zero-order valence-electron chi connectivity index (χ0n) is 22.8. The second-order valence-corrected chi connectivity index (χ2v) is 12.0. The largest absolute Gasteiger partial charge is 0.456 e. The van der Waals surface area contributed by atoms with Crippen molar-refractivity contribution in [3.8, 4) is 39.8 Å². The number of hydrogen-bond acceptors (Lipinski definition) is 4. The van der Waals surface area contributed by atoms with Crippen LogP contribution in [0.15, 0.2) is 127 Å². The zero-order valence-corrected chi connectivity index (χ0v) is 23.6. The summed E-state index contributed by atoms with van der Waals surface area (Å²) in [5.74, 6) is 2.32. The molecule has 3 aromatic heterocycles. The fourth-order valence-electron chi connectivity index (χ4n) is 6.69. The molecule has 4 nitrogen and oxygen atoms in total. The lowest BCUT2D eigenvalue weighted by atomic mass is 10.0. The van der Waals surface area contributed by atoms with Crippen LogP contribution < -0.4 is 4.74 Å². The maximum atomic E-state index is 6.19. The third-order valence-electron chi connectivity index (χ3n) is 8.61. The highest BCUT2D eigenvalue weighted by Gasteiger charge is 2.23. The van der Waals surface area contributed by atoms with Gasteiger partial charge in [-0.1, -0.05) is 66.7 Å². The van der Waals surface area contributed by atoms with E-state index in [0.717, 1.165) is 44.9 Å². The summed E-state index contributed by atoms with van der Waals surface area (Å²) in [5.41, 5.74) is 7.33. The van der Waals surface area contributed by atoms with Crippen molar-refractivity contribution >= 4 is 64.2 Å². The number of para-hydroxylation sites is 2. The first kappa shape index (κ1) is 23.1.